The second-order valence-electron chi connectivity index (χ2n) is 10.3. The molecule has 0 atom stereocenters. The van der Waals surface area contributed by atoms with Crippen LogP contribution in [-0.4, -0.2) is 26.6 Å². The molecule has 1 aromatic heterocycles. The summed E-state index contributed by atoms with van der Waals surface area (Å²) in [5.41, 5.74) is 1.68. The lowest BCUT2D eigenvalue weighted by Gasteiger charge is -2.09. The smallest absolute Gasteiger partial charge is 0.268 e. The molecule has 0 amide bonds. The summed E-state index contributed by atoms with van der Waals surface area (Å²) in [5.74, 6) is 1.34. The number of rotatable bonds is 19. The van der Waals surface area contributed by atoms with Gasteiger partial charge < -0.3 is 9.47 Å². The van der Waals surface area contributed by atoms with Crippen molar-refractivity contribution in [2.75, 3.05) is 14.2 Å². The molecule has 0 aliphatic carbocycles. The third kappa shape index (κ3) is 8.26. The van der Waals surface area contributed by atoms with E-state index in [1.54, 1.807) is 44.7 Å². The van der Waals surface area contributed by atoms with Crippen molar-refractivity contribution in [3.8, 4) is 11.5 Å². The van der Waals surface area contributed by atoms with E-state index in [1.807, 2.05) is 18.2 Å². The van der Waals surface area contributed by atoms with Crippen LogP contribution in [0.25, 0.3) is 10.9 Å². The zero-order chi connectivity index (χ0) is 27.2. The number of unbranched alkanes of at least 4 members (excludes halogenated alkanes) is 13. The maximum absolute atomic E-state index is 13.5. The molecule has 210 valence electrons. The lowest BCUT2D eigenvalue weighted by atomic mass is 10.0. The number of methoxy groups -OCH3 is 2. The summed E-state index contributed by atoms with van der Waals surface area (Å²) < 4.78 is 39.3. The fraction of sp³-hybridized carbons (Fsp3) is 0.562. The lowest BCUT2D eigenvalue weighted by Crippen LogP contribution is -2.11. The van der Waals surface area contributed by atoms with Gasteiger partial charge in [-0.15, -0.1) is 0 Å². The van der Waals surface area contributed by atoms with Crippen molar-refractivity contribution in [3.63, 3.8) is 0 Å². The van der Waals surface area contributed by atoms with Crippen molar-refractivity contribution in [2.24, 2.45) is 0 Å². The Labute approximate surface area is 230 Å². The largest absolute Gasteiger partial charge is 0.497 e. The molecular weight excluding hydrogens is 494 g/mol. The maximum Gasteiger partial charge on any atom is 0.268 e. The van der Waals surface area contributed by atoms with Gasteiger partial charge in [0.1, 0.15) is 11.5 Å². The molecule has 0 bridgehead atoms. The van der Waals surface area contributed by atoms with Gasteiger partial charge in [-0.1, -0.05) is 96.5 Å². The van der Waals surface area contributed by atoms with Gasteiger partial charge in [0.25, 0.3) is 10.0 Å². The molecule has 0 saturated heterocycles. The average molecular weight is 542 g/mol. The molecule has 0 aliphatic rings. The number of fused-ring (bicyclic) bond motifs is 1. The second-order valence-corrected chi connectivity index (χ2v) is 12.1. The Morgan fingerprint density at radius 2 is 1.24 bits per heavy atom. The van der Waals surface area contributed by atoms with E-state index in [9.17, 15) is 8.42 Å². The minimum Gasteiger partial charge on any atom is -0.497 e. The molecule has 0 unspecified atom stereocenters. The highest BCUT2D eigenvalue weighted by atomic mass is 32.2. The number of hydrogen-bond acceptors (Lipinski definition) is 4. The van der Waals surface area contributed by atoms with E-state index in [4.69, 9.17) is 9.47 Å². The van der Waals surface area contributed by atoms with Crippen LogP contribution in [0.15, 0.2) is 53.6 Å². The predicted octanol–water partition coefficient (Wildman–Crippen LogP) is 8.92. The van der Waals surface area contributed by atoms with Crippen LogP contribution in [0.1, 0.15) is 102 Å². The number of aromatic nitrogens is 1. The molecule has 5 nitrogen and oxygen atoms in total. The van der Waals surface area contributed by atoms with E-state index in [0.29, 0.717) is 17.0 Å². The first-order valence-corrected chi connectivity index (χ1v) is 16.0. The summed E-state index contributed by atoms with van der Waals surface area (Å²) >= 11 is 0. The van der Waals surface area contributed by atoms with Crippen molar-refractivity contribution in [1.29, 1.82) is 0 Å². The molecule has 6 heteroatoms. The standard InChI is InChI=1S/C32H47NO4S/c1-4-5-6-7-8-9-10-11-12-13-14-15-16-17-19-27-26-33(30-20-18-21-31(37-3)32(27)30)38(34,35)29-24-22-28(36-2)23-25-29/h18,20-26H,4-17,19H2,1-3H3. The van der Waals surface area contributed by atoms with E-state index in [2.05, 4.69) is 6.92 Å². The Kier molecular flexibility index (Phi) is 12.5. The second kappa shape index (κ2) is 15.8. The third-order valence-corrected chi connectivity index (χ3v) is 9.16. The normalized spacial score (nSPS) is 11.8. The average Bonchev–Trinajstić information content (AvgIpc) is 3.33. The molecular formula is C32H47NO4S. The minimum atomic E-state index is -3.75. The van der Waals surface area contributed by atoms with Crippen molar-refractivity contribution in [2.45, 2.75) is 108 Å². The Bertz CT molecular complexity index is 1200. The molecule has 0 N–H and O–H groups in total. The topological polar surface area (TPSA) is 57.5 Å². The molecule has 0 aliphatic heterocycles. The van der Waals surface area contributed by atoms with Gasteiger partial charge in [0, 0.05) is 11.6 Å². The fourth-order valence-electron chi connectivity index (χ4n) is 5.23. The molecule has 0 fully saturated rings. The van der Waals surface area contributed by atoms with Gasteiger partial charge in [-0.2, -0.15) is 0 Å². The van der Waals surface area contributed by atoms with Gasteiger partial charge >= 0.3 is 0 Å². The molecule has 0 radical (unpaired) electrons. The number of nitrogens with zero attached hydrogens (tertiary/aromatic N) is 1. The lowest BCUT2D eigenvalue weighted by molar-refractivity contribution is 0.414. The van der Waals surface area contributed by atoms with Crippen LogP contribution < -0.4 is 9.47 Å². The van der Waals surface area contributed by atoms with Crippen LogP contribution in [0.4, 0.5) is 0 Å². The van der Waals surface area contributed by atoms with Crippen LogP contribution in [0.5, 0.6) is 11.5 Å². The molecule has 0 saturated carbocycles. The summed E-state index contributed by atoms with van der Waals surface area (Å²) in [4.78, 5) is 0.237. The van der Waals surface area contributed by atoms with Crippen LogP contribution in [0.3, 0.4) is 0 Å². The fourth-order valence-corrected chi connectivity index (χ4v) is 6.62. The van der Waals surface area contributed by atoms with Crippen LogP contribution >= 0.6 is 0 Å². The Balaban J connectivity index is 1.52. The van der Waals surface area contributed by atoms with Crippen molar-refractivity contribution in [3.05, 3.63) is 54.2 Å². The zero-order valence-electron chi connectivity index (χ0n) is 23.7. The van der Waals surface area contributed by atoms with Crippen molar-refractivity contribution in [1.82, 2.24) is 3.97 Å². The van der Waals surface area contributed by atoms with Gasteiger partial charge in [0.05, 0.1) is 24.6 Å². The third-order valence-electron chi connectivity index (χ3n) is 7.47. The van der Waals surface area contributed by atoms with E-state index in [1.165, 1.54) is 81.0 Å². The maximum atomic E-state index is 13.5. The number of benzene rings is 2. The Hall–Kier alpha value is -2.47. The van der Waals surface area contributed by atoms with Crippen LogP contribution in [-0.2, 0) is 16.4 Å². The van der Waals surface area contributed by atoms with E-state index in [-0.39, 0.29) is 4.90 Å². The van der Waals surface area contributed by atoms with Crippen LogP contribution in [0.2, 0.25) is 0 Å². The summed E-state index contributed by atoms with van der Waals surface area (Å²) in [6.07, 6.45) is 21.1. The number of aryl methyl sites for hydroxylation is 1. The Morgan fingerprint density at radius 3 is 1.76 bits per heavy atom. The van der Waals surface area contributed by atoms with E-state index in [0.717, 1.165) is 30.2 Å². The molecule has 0 spiro atoms. The van der Waals surface area contributed by atoms with E-state index < -0.39 is 10.0 Å². The summed E-state index contributed by atoms with van der Waals surface area (Å²) in [6, 6.07) is 12.1. The first-order chi connectivity index (χ1) is 18.5. The highest BCUT2D eigenvalue weighted by molar-refractivity contribution is 7.90. The van der Waals surface area contributed by atoms with Gasteiger partial charge in [0.2, 0.25) is 0 Å². The highest BCUT2D eigenvalue weighted by Gasteiger charge is 2.23. The van der Waals surface area contributed by atoms with Gasteiger partial charge in [-0.3, -0.25) is 0 Å². The quantitative estimate of drug-likeness (QED) is 0.142. The molecule has 38 heavy (non-hydrogen) atoms. The number of hydrogen-bond donors (Lipinski definition) is 0. The predicted molar refractivity (Wildman–Crippen MR) is 158 cm³/mol. The monoisotopic (exact) mass is 541 g/mol. The molecule has 2 aromatic carbocycles. The summed E-state index contributed by atoms with van der Waals surface area (Å²) in [6.45, 7) is 2.27. The highest BCUT2D eigenvalue weighted by Crippen LogP contribution is 2.34. The van der Waals surface area contributed by atoms with Gasteiger partial charge in [-0.25, -0.2) is 12.4 Å². The van der Waals surface area contributed by atoms with Crippen LogP contribution in [0, 0.1) is 0 Å². The Morgan fingerprint density at radius 1 is 0.684 bits per heavy atom. The molecule has 3 rings (SSSR count). The van der Waals surface area contributed by atoms with Crippen molar-refractivity contribution >= 4 is 20.9 Å². The summed E-state index contributed by atoms with van der Waals surface area (Å²) in [7, 11) is -0.540. The van der Waals surface area contributed by atoms with Gasteiger partial charge in [-0.05, 0) is 54.8 Å². The SMILES string of the molecule is CCCCCCCCCCCCCCCCc1cn(S(=O)(=O)c2ccc(OC)cc2)c2cccc(OC)c12. The van der Waals surface area contributed by atoms with Gasteiger partial charge in [0.15, 0.2) is 0 Å². The first kappa shape index (κ1) is 30.1. The molecule has 1 heterocycles. The van der Waals surface area contributed by atoms with E-state index >= 15 is 0 Å². The summed E-state index contributed by atoms with van der Waals surface area (Å²) in [5, 5.41) is 0.891. The first-order valence-electron chi connectivity index (χ1n) is 14.6. The van der Waals surface area contributed by atoms with Crippen molar-refractivity contribution < 1.29 is 17.9 Å². The zero-order valence-corrected chi connectivity index (χ0v) is 24.5. The molecule has 3 aromatic rings. The number of ether oxygens (including phenoxy) is 2. The minimum absolute atomic E-state index is 0.237.